The van der Waals surface area contributed by atoms with E-state index >= 15 is 0 Å². The van der Waals surface area contributed by atoms with Crippen molar-refractivity contribution in [3.63, 3.8) is 0 Å². The highest BCUT2D eigenvalue weighted by atomic mass is 28.3. The number of anilines is 2. The van der Waals surface area contributed by atoms with Gasteiger partial charge in [0.2, 0.25) is 5.91 Å². The summed E-state index contributed by atoms with van der Waals surface area (Å²) in [6.45, 7) is 8.78. The number of fused-ring (bicyclic) bond motifs is 2. The molecule has 0 unspecified atom stereocenters. The molecule has 2 amide bonds. The first-order chi connectivity index (χ1) is 20.7. The molecule has 2 saturated heterocycles. The van der Waals surface area contributed by atoms with Gasteiger partial charge in [0.05, 0.1) is 40.1 Å². The van der Waals surface area contributed by atoms with E-state index in [1.807, 2.05) is 65.6 Å². The number of benzene rings is 3. The molecule has 3 aromatic rings. The third-order valence-corrected chi connectivity index (χ3v) is 14.2. The molecule has 0 radical (unpaired) electrons. The van der Waals surface area contributed by atoms with E-state index in [2.05, 4.69) is 37.5 Å². The molecular formula is C34H41N3O5Si. The molecule has 3 aromatic carbocycles. The zero-order valence-corrected chi connectivity index (χ0v) is 26.4. The van der Waals surface area contributed by atoms with Crippen LogP contribution in [0.3, 0.4) is 0 Å². The minimum atomic E-state index is -2.28. The molecule has 3 heterocycles. The van der Waals surface area contributed by atoms with Crippen molar-refractivity contribution in [2.45, 2.75) is 50.2 Å². The zero-order valence-electron chi connectivity index (χ0n) is 25.4. The number of methoxy groups -OCH3 is 1. The summed E-state index contributed by atoms with van der Waals surface area (Å²) in [7, 11) is -0.613. The van der Waals surface area contributed by atoms with Crippen molar-refractivity contribution < 1.29 is 24.2 Å². The highest BCUT2D eigenvalue weighted by Gasteiger charge is 2.66. The van der Waals surface area contributed by atoms with Gasteiger partial charge in [0.1, 0.15) is 5.75 Å². The lowest BCUT2D eigenvalue weighted by Crippen LogP contribution is -2.52. The Hall–Kier alpha value is -3.50. The van der Waals surface area contributed by atoms with E-state index in [4.69, 9.17) is 9.47 Å². The Balaban J connectivity index is 1.48. The monoisotopic (exact) mass is 599 g/mol. The van der Waals surface area contributed by atoms with E-state index in [0.29, 0.717) is 26.1 Å². The van der Waals surface area contributed by atoms with E-state index in [9.17, 15) is 14.7 Å². The number of piperazine rings is 1. The van der Waals surface area contributed by atoms with Gasteiger partial charge < -0.3 is 29.7 Å². The maximum Gasteiger partial charge on any atom is 0.264 e. The van der Waals surface area contributed by atoms with E-state index in [0.717, 1.165) is 28.3 Å². The smallest absolute Gasteiger partial charge is 0.264 e. The molecule has 4 atom stereocenters. The lowest BCUT2D eigenvalue weighted by atomic mass is 9.82. The summed E-state index contributed by atoms with van der Waals surface area (Å²) >= 11 is 0. The number of nitrogens with zero attached hydrogens (tertiary/aromatic N) is 2. The number of hydrogen-bond acceptors (Lipinski definition) is 6. The fourth-order valence-corrected chi connectivity index (χ4v) is 11.7. The molecule has 0 aromatic heterocycles. The fraction of sp³-hybridized carbons (Fsp3) is 0.412. The van der Waals surface area contributed by atoms with Crippen molar-refractivity contribution in [2.24, 2.45) is 5.92 Å². The van der Waals surface area contributed by atoms with Crippen molar-refractivity contribution in [1.29, 1.82) is 0 Å². The van der Waals surface area contributed by atoms with Gasteiger partial charge in [-0.3, -0.25) is 9.59 Å². The van der Waals surface area contributed by atoms with Crippen LogP contribution >= 0.6 is 0 Å². The molecule has 0 bridgehead atoms. The van der Waals surface area contributed by atoms with Gasteiger partial charge in [0.15, 0.2) is 5.60 Å². The van der Waals surface area contributed by atoms with Gasteiger partial charge in [-0.2, -0.15) is 0 Å². The fourth-order valence-electron chi connectivity index (χ4n) is 7.67. The Morgan fingerprint density at radius 3 is 2.49 bits per heavy atom. The summed E-state index contributed by atoms with van der Waals surface area (Å²) in [5.74, 6) is 0.565. The minimum Gasteiger partial charge on any atom is -0.497 e. The number of aliphatic hydroxyl groups is 1. The van der Waals surface area contributed by atoms with E-state index < -0.39 is 13.7 Å². The van der Waals surface area contributed by atoms with Crippen LogP contribution in [0.4, 0.5) is 11.4 Å². The van der Waals surface area contributed by atoms with Gasteiger partial charge in [0, 0.05) is 36.9 Å². The SMILES string of the molecule is COc1ccc([Si](C)(C)[C@H]2[C@H](CCO)O[C@@]3(C(=O)N(Cc4ccccc4)c4ccc(N5CCNCC5=O)cc43)[C@@H]2C)cc1. The van der Waals surface area contributed by atoms with E-state index in [1.165, 1.54) is 5.19 Å². The number of ether oxygens (including phenoxy) is 2. The highest BCUT2D eigenvalue weighted by molar-refractivity contribution is 6.91. The first-order valence-electron chi connectivity index (χ1n) is 15.2. The predicted octanol–water partition coefficient (Wildman–Crippen LogP) is 3.78. The van der Waals surface area contributed by atoms with Gasteiger partial charge in [-0.05, 0) is 47.9 Å². The number of carbonyl (C=O) groups excluding carboxylic acids is 2. The average Bonchev–Trinajstić information content (AvgIpc) is 3.44. The second kappa shape index (κ2) is 11.5. The first kappa shape index (κ1) is 29.6. The van der Waals surface area contributed by atoms with Gasteiger partial charge in [-0.15, -0.1) is 0 Å². The summed E-state index contributed by atoms with van der Waals surface area (Å²) in [6, 6.07) is 24.2. The summed E-state index contributed by atoms with van der Waals surface area (Å²) in [6.07, 6.45) is 0.141. The van der Waals surface area contributed by atoms with Gasteiger partial charge >= 0.3 is 0 Å². The summed E-state index contributed by atoms with van der Waals surface area (Å²) in [5.41, 5.74) is 2.27. The van der Waals surface area contributed by atoms with Crippen molar-refractivity contribution in [3.05, 3.63) is 83.9 Å². The highest BCUT2D eigenvalue weighted by Crippen LogP contribution is 2.60. The van der Waals surface area contributed by atoms with Crippen molar-refractivity contribution in [1.82, 2.24) is 5.32 Å². The number of rotatable bonds is 8. The third-order valence-electron chi connectivity index (χ3n) is 9.82. The average molecular weight is 600 g/mol. The number of aliphatic hydroxyl groups excluding tert-OH is 1. The number of hydrogen-bond donors (Lipinski definition) is 2. The number of amides is 2. The standard InChI is InChI=1S/C34H41N3O5Si/c1-23-32(43(3,4)27-13-11-26(41-2)12-14-27)30(16-19-38)42-34(23)28-20-25(36-18-17-35-21-31(36)39)10-15-29(28)37(33(34)40)22-24-8-6-5-7-9-24/h5-15,20,23,30,32,35,38H,16-19,21-22H2,1-4H3/t23-,30+,32-,34+/m1/s1. The van der Waals surface area contributed by atoms with Gasteiger partial charge in [0.25, 0.3) is 5.91 Å². The molecule has 2 N–H and O–H groups in total. The largest absolute Gasteiger partial charge is 0.497 e. The molecular weight excluding hydrogens is 558 g/mol. The van der Waals surface area contributed by atoms with Crippen LogP contribution in [-0.2, 0) is 26.5 Å². The topological polar surface area (TPSA) is 91.3 Å². The molecule has 3 aliphatic rings. The Kier molecular flexibility index (Phi) is 7.93. The van der Waals surface area contributed by atoms with Gasteiger partial charge in [-0.25, -0.2) is 0 Å². The second-order valence-electron chi connectivity index (χ2n) is 12.5. The maximum atomic E-state index is 14.8. The third kappa shape index (κ3) is 4.88. The molecule has 6 rings (SSSR count). The number of nitrogens with one attached hydrogen (secondary N) is 1. The minimum absolute atomic E-state index is 0.00943. The lowest BCUT2D eigenvalue weighted by Gasteiger charge is -2.37. The number of carbonyl (C=O) groups is 2. The molecule has 0 aliphatic carbocycles. The normalized spacial score (nSPS) is 25.5. The zero-order chi connectivity index (χ0) is 30.4. The Bertz CT molecular complexity index is 1500. The van der Waals surface area contributed by atoms with Crippen molar-refractivity contribution in [2.75, 3.05) is 43.2 Å². The molecule has 3 aliphatic heterocycles. The molecule has 9 heteroatoms. The summed E-state index contributed by atoms with van der Waals surface area (Å²) < 4.78 is 12.5. The van der Waals surface area contributed by atoms with Crippen LogP contribution in [0.1, 0.15) is 24.5 Å². The molecule has 0 saturated carbocycles. The van der Waals surface area contributed by atoms with Crippen LogP contribution in [0.15, 0.2) is 72.8 Å². The van der Waals surface area contributed by atoms with Crippen molar-refractivity contribution in [3.8, 4) is 5.75 Å². The maximum absolute atomic E-state index is 14.8. The Labute approximate surface area is 254 Å². The van der Waals surface area contributed by atoms with Crippen LogP contribution in [0.2, 0.25) is 18.6 Å². The van der Waals surface area contributed by atoms with Crippen LogP contribution in [0, 0.1) is 5.92 Å². The molecule has 226 valence electrons. The summed E-state index contributed by atoms with van der Waals surface area (Å²) in [5, 5.41) is 14.6. The molecule has 1 spiro atoms. The van der Waals surface area contributed by atoms with Crippen molar-refractivity contribution >= 4 is 36.4 Å². The second-order valence-corrected chi connectivity index (χ2v) is 17.2. The quantitative estimate of drug-likeness (QED) is 0.383. The Morgan fingerprint density at radius 2 is 1.81 bits per heavy atom. The molecule has 43 heavy (non-hydrogen) atoms. The van der Waals surface area contributed by atoms with Crippen LogP contribution in [0.25, 0.3) is 0 Å². The van der Waals surface area contributed by atoms with E-state index in [-0.39, 0.29) is 42.5 Å². The predicted molar refractivity (Wildman–Crippen MR) is 171 cm³/mol. The van der Waals surface area contributed by atoms with Gasteiger partial charge in [-0.1, -0.05) is 67.7 Å². The summed E-state index contributed by atoms with van der Waals surface area (Å²) in [4.78, 5) is 31.4. The lowest BCUT2D eigenvalue weighted by molar-refractivity contribution is -0.146. The van der Waals surface area contributed by atoms with Crippen LogP contribution in [-0.4, -0.2) is 64.4 Å². The first-order valence-corrected chi connectivity index (χ1v) is 18.2. The Morgan fingerprint density at radius 1 is 1.07 bits per heavy atom. The molecule has 2 fully saturated rings. The van der Waals surface area contributed by atoms with Crippen LogP contribution < -0.4 is 25.0 Å². The van der Waals surface area contributed by atoms with E-state index in [1.54, 1.807) is 12.0 Å². The molecule has 8 nitrogen and oxygen atoms in total. The van der Waals surface area contributed by atoms with Crippen LogP contribution in [0.5, 0.6) is 5.75 Å².